The Morgan fingerprint density at radius 1 is 0.818 bits per heavy atom. The number of benzene rings is 1. The Morgan fingerprint density at radius 2 is 1.33 bits per heavy atom. The van der Waals surface area contributed by atoms with E-state index < -0.39 is 0 Å². The molecule has 4 rings (SSSR count). The van der Waals surface area contributed by atoms with E-state index in [1.165, 1.54) is 0 Å². The molecule has 2 fully saturated rings. The first-order valence-corrected chi connectivity index (χ1v) is 12.0. The van der Waals surface area contributed by atoms with Crippen LogP contribution in [0.5, 0.6) is 0 Å². The van der Waals surface area contributed by atoms with E-state index in [1.807, 2.05) is 21.9 Å². The van der Waals surface area contributed by atoms with Crippen molar-refractivity contribution in [2.24, 2.45) is 22.9 Å². The first kappa shape index (κ1) is 24.2. The molecule has 0 saturated carbocycles. The standard InChI is InChI=1S/C21H32Cl2N10/c22-13-2-1-12(18(23)5-13)3-4-28-19-29-20(32-8-14(24)6-15(25)9-32)31-21(30-19)33-10-16(26)7-17(27)11-33/h1-2,5,14-17H,3-4,6-11,24-27H2,(H,28,29,30,31). The summed E-state index contributed by atoms with van der Waals surface area (Å²) >= 11 is 12.3. The fraction of sp³-hybridized carbons (Fsp3) is 0.571. The fourth-order valence-electron chi connectivity index (χ4n) is 4.43. The number of nitrogens with two attached hydrogens (primary N) is 4. The second-order valence-corrected chi connectivity index (χ2v) is 9.84. The maximum absolute atomic E-state index is 6.31. The van der Waals surface area contributed by atoms with E-state index >= 15 is 0 Å². The van der Waals surface area contributed by atoms with Crippen LogP contribution in [0.3, 0.4) is 0 Å². The number of anilines is 3. The Kier molecular flexibility index (Phi) is 7.72. The number of piperidine rings is 2. The topological polar surface area (TPSA) is 161 Å². The smallest absolute Gasteiger partial charge is 0.232 e. The van der Waals surface area contributed by atoms with Crippen LogP contribution in [0.25, 0.3) is 0 Å². The molecular weight excluding hydrogens is 463 g/mol. The van der Waals surface area contributed by atoms with Crippen LogP contribution in [-0.2, 0) is 6.42 Å². The summed E-state index contributed by atoms with van der Waals surface area (Å²) in [5, 5.41) is 4.55. The third kappa shape index (κ3) is 6.34. The summed E-state index contributed by atoms with van der Waals surface area (Å²) in [6.45, 7) is 3.13. The predicted octanol–water partition coefficient (Wildman–Crippen LogP) is 0.562. The fourth-order valence-corrected chi connectivity index (χ4v) is 4.94. The van der Waals surface area contributed by atoms with Crippen molar-refractivity contribution in [1.29, 1.82) is 0 Å². The van der Waals surface area contributed by atoms with Gasteiger partial charge in [0.05, 0.1) is 0 Å². The lowest BCUT2D eigenvalue weighted by molar-refractivity contribution is 0.441. The summed E-state index contributed by atoms with van der Waals surface area (Å²) in [7, 11) is 0. The number of nitrogens with one attached hydrogen (secondary N) is 1. The van der Waals surface area contributed by atoms with E-state index in [4.69, 9.17) is 51.1 Å². The summed E-state index contributed by atoms with van der Waals surface area (Å²) < 4.78 is 0. The maximum atomic E-state index is 6.31. The van der Waals surface area contributed by atoms with Crippen molar-refractivity contribution in [1.82, 2.24) is 15.0 Å². The first-order valence-electron chi connectivity index (χ1n) is 11.2. The van der Waals surface area contributed by atoms with Crippen LogP contribution in [0, 0.1) is 0 Å². The molecule has 9 N–H and O–H groups in total. The van der Waals surface area contributed by atoms with Crippen LogP contribution >= 0.6 is 23.2 Å². The average Bonchev–Trinajstić information content (AvgIpc) is 2.74. The third-order valence-corrected chi connectivity index (χ3v) is 6.49. The number of halogens is 2. The van der Waals surface area contributed by atoms with E-state index in [0.717, 1.165) is 18.4 Å². The molecular formula is C21H32Cl2N10. The lowest BCUT2D eigenvalue weighted by Gasteiger charge is -2.37. The normalized spacial score (nSPS) is 25.9. The molecule has 0 amide bonds. The maximum Gasteiger partial charge on any atom is 0.232 e. The van der Waals surface area contributed by atoms with E-state index in [-0.39, 0.29) is 24.2 Å². The molecule has 12 heteroatoms. The van der Waals surface area contributed by atoms with Gasteiger partial charge in [0.1, 0.15) is 0 Å². The summed E-state index contributed by atoms with van der Waals surface area (Å²) in [6.07, 6.45) is 2.24. The Hall–Kier alpha value is -1.95. The molecule has 2 saturated heterocycles. The van der Waals surface area contributed by atoms with Crippen molar-refractivity contribution in [2.45, 2.75) is 43.4 Å². The molecule has 0 aliphatic carbocycles. The highest BCUT2D eigenvalue weighted by atomic mass is 35.5. The molecule has 180 valence electrons. The van der Waals surface area contributed by atoms with Crippen molar-refractivity contribution >= 4 is 41.0 Å². The van der Waals surface area contributed by atoms with Crippen molar-refractivity contribution in [2.75, 3.05) is 47.8 Å². The van der Waals surface area contributed by atoms with Crippen molar-refractivity contribution in [3.05, 3.63) is 33.8 Å². The highest BCUT2D eigenvalue weighted by Gasteiger charge is 2.28. The molecule has 4 unspecified atom stereocenters. The monoisotopic (exact) mass is 494 g/mol. The van der Waals surface area contributed by atoms with Gasteiger partial charge in [0.25, 0.3) is 0 Å². The minimum absolute atomic E-state index is 0.0331. The Morgan fingerprint density at radius 3 is 1.82 bits per heavy atom. The molecule has 2 aliphatic rings. The molecule has 0 radical (unpaired) electrons. The van der Waals surface area contributed by atoms with Gasteiger partial charge >= 0.3 is 0 Å². The zero-order valence-corrected chi connectivity index (χ0v) is 20.0. The van der Waals surface area contributed by atoms with Gasteiger partial charge in [-0.1, -0.05) is 29.3 Å². The SMILES string of the molecule is NC1CC(N)CN(c2nc(NCCc3ccc(Cl)cc3Cl)nc(N3CC(N)CC(N)C3)n2)C1. The molecule has 1 aromatic heterocycles. The number of hydrogen-bond acceptors (Lipinski definition) is 10. The molecule has 2 aromatic rings. The molecule has 4 atom stereocenters. The molecule has 0 spiro atoms. The molecule has 33 heavy (non-hydrogen) atoms. The van der Waals surface area contributed by atoms with Gasteiger partial charge in [-0.05, 0) is 37.0 Å². The van der Waals surface area contributed by atoms with Crippen molar-refractivity contribution in [3.63, 3.8) is 0 Å². The van der Waals surface area contributed by atoms with Gasteiger partial charge < -0.3 is 38.1 Å². The van der Waals surface area contributed by atoms with Gasteiger partial charge in [0.15, 0.2) is 0 Å². The zero-order valence-electron chi connectivity index (χ0n) is 18.5. The van der Waals surface area contributed by atoms with Crippen LogP contribution in [0.1, 0.15) is 18.4 Å². The van der Waals surface area contributed by atoms with Crippen LogP contribution in [0.2, 0.25) is 10.0 Å². The second kappa shape index (κ2) is 10.5. The Balaban J connectivity index is 1.55. The van der Waals surface area contributed by atoms with Gasteiger partial charge in [-0.15, -0.1) is 0 Å². The second-order valence-electron chi connectivity index (χ2n) is 8.99. The number of nitrogens with zero attached hydrogens (tertiary/aromatic N) is 5. The molecule has 3 heterocycles. The van der Waals surface area contributed by atoms with E-state index in [1.54, 1.807) is 6.07 Å². The zero-order chi connectivity index (χ0) is 23.5. The van der Waals surface area contributed by atoms with Crippen molar-refractivity contribution in [3.8, 4) is 0 Å². The minimum Gasteiger partial charge on any atom is -0.354 e. The van der Waals surface area contributed by atoms with E-state index in [0.29, 0.717) is 67.0 Å². The van der Waals surface area contributed by atoms with Gasteiger partial charge in [0, 0.05) is 66.9 Å². The summed E-state index contributed by atoms with van der Waals surface area (Å²) in [5.41, 5.74) is 25.8. The summed E-state index contributed by atoms with van der Waals surface area (Å²) in [6, 6.07) is 5.35. The van der Waals surface area contributed by atoms with Gasteiger partial charge in [-0.25, -0.2) is 0 Å². The minimum atomic E-state index is -0.0331. The highest BCUT2D eigenvalue weighted by molar-refractivity contribution is 6.35. The van der Waals surface area contributed by atoms with Crippen LogP contribution in [0.15, 0.2) is 18.2 Å². The lowest BCUT2D eigenvalue weighted by Crippen LogP contribution is -2.54. The summed E-state index contributed by atoms with van der Waals surface area (Å²) in [5.74, 6) is 1.57. The molecule has 10 nitrogen and oxygen atoms in total. The molecule has 0 bridgehead atoms. The van der Waals surface area contributed by atoms with Gasteiger partial charge in [-0.2, -0.15) is 15.0 Å². The Labute approximate surface area is 204 Å². The van der Waals surface area contributed by atoms with Crippen LogP contribution < -0.4 is 38.1 Å². The van der Waals surface area contributed by atoms with E-state index in [2.05, 4.69) is 15.3 Å². The molecule has 2 aliphatic heterocycles. The lowest BCUT2D eigenvalue weighted by atomic mass is 10.0. The largest absolute Gasteiger partial charge is 0.354 e. The Bertz CT molecular complexity index is 896. The average molecular weight is 495 g/mol. The van der Waals surface area contributed by atoms with Crippen molar-refractivity contribution < 1.29 is 0 Å². The number of hydrogen-bond donors (Lipinski definition) is 5. The summed E-state index contributed by atoms with van der Waals surface area (Å²) in [4.78, 5) is 18.1. The number of rotatable bonds is 6. The van der Waals surface area contributed by atoms with Crippen LogP contribution in [-0.4, -0.2) is 71.8 Å². The molecule has 1 aromatic carbocycles. The van der Waals surface area contributed by atoms with Gasteiger partial charge in [-0.3, -0.25) is 0 Å². The highest BCUT2D eigenvalue weighted by Crippen LogP contribution is 2.23. The van der Waals surface area contributed by atoms with E-state index in [9.17, 15) is 0 Å². The predicted molar refractivity (Wildman–Crippen MR) is 134 cm³/mol. The quantitative estimate of drug-likeness (QED) is 0.383. The first-order chi connectivity index (χ1) is 15.8. The van der Waals surface area contributed by atoms with Gasteiger partial charge in [0.2, 0.25) is 17.8 Å². The number of aromatic nitrogens is 3. The third-order valence-electron chi connectivity index (χ3n) is 5.90. The van der Waals surface area contributed by atoms with Crippen LogP contribution in [0.4, 0.5) is 17.8 Å².